The number of anilines is 1. The number of amidine groups is 1. The summed E-state index contributed by atoms with van der Waals surface area (Å²) in [6.45, 7) is -1.80. The molecule has 4 rings (SSSR count). The van der Waals surface area contributed by atoms with Gasteiger partial charge in [0.1, 0.15) is 17.2 Å². The molecule has 2 aromatic carbocycles. The fourth-order valence-corrected chi connectivity index (χ4v) is 4.79. The van der Waals surface area contributed by atoms with Crippen LogP contribution in [0.25, 0.3) is 0 Å². The highest BCUT2D eigenvalue weighted by atomic mass is 32.2. The van der Waals surface area contributed by atoms with E-state index in [9.17, 15) is 13.9 Å². The number of nitrogens with zero attached hydrogens (tertiary/aromatic N) is 2. The number of hydrogen-bond donors (Lipinski definition) is 1. The summed E-state index contributed by atoms with van der Waals surface area (Å²) < 4.78 is 36.5. The first-order valence-corrected chi connectivity index (χ1v) is 9.96. The lowest BCUT2D eigenvalue weighted by atomic mass is 10.0. The van der Waals surface area contributed by atoms with Gasteiger partial charge in [-0.15, -0.1) is 0 Å². The fourth-order valence-electron chi connectivity index (χ4n) is 3.61. The second-order valence-electron chi connectivity index (χ2n) is 6.64. The zero-order valence-corrected chi connectivity index (χ0v) is 16.2. The van der Waals surface area contributed by atoms with E-state index in [1.807, 2.05) is 28.8 Å². The van der Waals surface area contributed by atoms with Crippen molar-refractivity contribution in [3.8, 4) is 11.5 Å². The molecule has 5 nitrogen and oxygen atoms in total. The highest BCUT2D eigenvalue weighted by Crippen LogP contribution is 2.38. The molecule has 2 heterocycles. The van der Waals surface area contributed by atoms with Gasteiger partial charge < -0.3 is 14.6 Å². The van der Waals surface area contributed by atoms with Gasteiger partial charge in [-0.05, 0) is 66.7 Å². The first-order chi connectivity index (χ1) is 13.5. The number of alkyl halides is 2. The average Bonchev–Trinajstić information content (AvgIpc) is 3.02. The number of aliphatic hydroxyl groups is 1. The molecule has 0 spiro atoms. The van der Waals surface area contributed by atoms with Gasteiger partial charge in [-0.3, -0.25) is 0 Å². The van der Waals surface area contributed by atoms with Gasteiger partial charge in [0.2, 0.25) is 0 Å². The Hall–Kier alpha value is -2.32. The Morgan fingerprint density at radius 1 is 1.11 bits per heavy atom. The van der Waals surface area contributed by atoms with Crippen molar-refractivity contribution in [2.45, 2.75) is 18.8 Å². The lowest BCUT2D eigenvalue weighted by molar-refractivity contribution is -0.656. The molecule has 148 valence electrons. The molecule has 0 saturated carbocycles. The monoisotopic (exact) mass is 407 g/mol. The third-order valence-electron chi connectivity index (χ3n) is 4.97. The number of β-amino-alcohol motifs (C(OH)–C–C–N with tert-alkyl or cyclic N) is 1. The lowest BCUT2D eigenvalue weighted by Crippen LogP contribution is -2.41. The van der Waals surface area contributed by atoms with Crippen LogP contribution in [0.15, 0.2) is 48.5 Å². The van der Waals surface area contributed by atoms with Crippen molar-refractivity contribution >= 4 is 22.6 Å². The predicted molar refractivity (Wildman–Crippen MR) is 105 cm³/mol. The van der Waals surface area contributed by atoms with Crippen molar-refractivity contribution in [2.24, 2.45) is 0 Å². The maximum absolute atomic E-state index is 12.4. The largest absolute Gasteiger partial charge is 0.497 e. The molecule has 2 aliphatic rings. The molecule has 1 N–H and O–H groups in total. The van der Waals surface area contributed by atoms with E-state index < -0.39 is 12.3 Å². The van der Waals surface area contributed by atoms with E-state index in [-0.39, 0.29) is 5.75 Å². The molecule has 1 atom stereocenters. The quantitative estimate of drug-likeness (QED) is 0.769. The van der Waals surface area contributed by atoms with Crippen LogP contribution in [0, 0.1) is 0 Å². The molecule has 0 fully saturated rings. The fraction of sp³-hybridized carbons (Fsp3) is 0.350. The zero-order chi connectivity index (χ0) is 19.7. The van der Waals surface area contributed by atoms with E-state index in [2.05, 4.69) is 9.64 Å². The summed E-state index contributed by atoms with van der Waals surface area (Å²) in [5.74, 6) is 1.82. The predicted octanol–water partition coefficient (Wildman–Crippen LogP) is 3.47. The summed E-state index contributed by atoms with van der Waals surface area (Å²) in [7, 11) is 1.62. The number of rotatable bonds is 5. The van der Waals surface area contributed by atoms with Gasteiger partial charge in [0.05, 0.1) is 13.7 Å². The van der Waals surface area contributed by atoms with Crippen molar-refractivity contribution in [1.29, 1.82) is 0 Å². The first-order valence-electron chi connectivity index (χ1n) is 8.98. The van der Waals surface area contributed by atoms with E-state index in [0.29, 0.717) is 12.1 Å². The van der Waals surface area contributed by atoms with Crippen LogP contribution in [-0.4, -0.2) is 47.4 Å². The van der Waals surface area contributed by atoms with E-state index in [0.717, 1.165) is 35.3 Å². The maximum Gasteiger partial charge on any atom is 0.387 e. The molecule has 0 unspecified atom stereocenters. The van der Waals surface area contributed by atoms with Crippen LogP contribution in [0.2, 0.25) is 0 Å². The van der Waals surface area contributed by atoms with Crippen LogP contribution in [-0.2, 0) is 5.72 Å². The van der Waals surface area contributed by atoms with E-state index in [1.165, 1.54) is 12.1 Å². The van der Waals surface area contributed by atoms with Gasteiger partial charge in [0.25, 0.3) is 5.72 Å². The second-order valence-corrected chi connectivity index (χ2v) is 7.70. The summed E-state index contributed by atoms with van der Waals surface area (Å²) in [4.78, 5) is 2.09. The number of halogens is 2. The Morgan fingerprint density at radius 2 is 1.79 bits per heavy atom. The Morgan fingerprint density at radius 3 is 2.43 bits per heavy atom. The van der Waals surface area contributed by atoms with Crippen LogP contribution < -0.4 is 14.4 Å². The molecule has 0 radical (unpaired) electrons. The second kappa shape index (κ2) is 7.60. The van der Waals surface area contributed by atoms with Crippen LogP contribution in [0.4, 0.5) is 14.5 Å². The molecule has 0 bridgehead atoms. The minimum Gasteiger partial charge on any atom is -0.497 e. The van der Waals surface area contributed by atoms with Gasteiger partial charge in [-0.25, -0.2) is 9.48 Å². The normalized spacial score (nSPS) is 21.8. The average molecular weight is 407 g/mol. The smallest absolute Gasteiger partial charge is 0.387 e. The molecule has 2 aliphatic heterocycles. The molecule has 0 saturated heterocycles. The molecule has 28 heavy (non-hydrogen) atoms. The summed E-state index contributed by atoms with van der Waals surface area (Å²) in [5.41, 5.74) is 0.361. The molecule has 0 aliphatic carbocycles. The third-order valence-corrected chi connectivity index (χ3v) is 6.16. The standard InChI is InChI=1S/C20H21F2N2O3S/c1-26-16-9-5-15(6-10-16)23-13-20(25,24-11-2-12-28-19(23)24)14-3-7-17(8-4-14)27-18(21)22/h3-10,18,25H,2,11-13H2,1H3/q+1/t20-/m1/s1. The van der Waals surface area contributed by atoms with Gasteiger partial charge in [-0.1, -0.05) is 0 Å². The molecule has 8 heteroatoms. The van der Waals surface area contributed by atoms with E-state index >= 15 is 0 Å². The lowest BCUT2D eigenvalue weighted by Gasteiger charge is -2.24. The van der Waals surface area contributed by atoms with Gasteiger partial charge in [-0.2, -0.15) is 8.78 Å². The molecule has 0 amide bonds. The Balaban J connectivity index is 1.68. The highest BCUT2D eigenvalue weighted by Gasteiger charge is 2.53. The molecule has 2 aromatic rings. The van der Waals surface area contributed by atoms with Gasteiger partial charge >= 0.3 is 11.8 Å². The van der Waals surface area contributed by atoms with Crippen LogP contribution in [0.3, 0.4) is 0 Å². The maximum atomic E-state index is 12.4. The van der Waals surface area contributed by atoms with Crippen molar-refractivity contribution < 1.29 is 27.9 Å². The minimum atomic E-state index is -2.87. The minimum absolute atomic E-state index is 0.0737. The topological polar surface area (TPSA) is 44.9 Å². The SMILES string of the molecule is COc1ccc(N2C[C@@](O)(c3ccc(OC(F)F)cc3)[N+]3=C2SCCC3)cc1. The Bertz CT molecular complexity index is 874. The number of ether oxygens (including phenoxy) is 2. The zero-order valence-electron chi connectivity index (χ0n) is 15.3. The third kappa shape index (κ3) is 3.42. The molecule has 0 aromatic heterocycles. The van der Waals surface area contributed by atoms with Crippen molar-refractivity contribution in [3.05, 3.63) is 54.1 Å². The summed E-state index contributed by atoms with van der Waals surface area (Å²) in [6, 6.07) is 13.9. The Kier molecular flexibility index (Phi) is 5.16. The molecular weight excluding hydrogens is 386 g/mol. The molecular formula is C20H21F2N2O3S+. The van der Waals surface area contributed by atoms with Gasteiger partial charge in [0.15, 0.2) is 6.54 Å². The van der Waals surface area contributed by atoms with Crippen LogP contribution in [0.1, 0.15) is 12.0 Å². The number of hydrogen-bond acceptors (Lipinski definition) is 5. The summed E-state index contributed by atoms with van der Waals surface area (Å²) in [5, 5.41) is 12.6. The summed E-state index contributed by atoms with van der Waals surface area (Å²) in [6.07, 6.45) is 0.958. The first kappa shape index (κ1) is 19.0. The summed E-state index contributed by atoms with van der Waals surface area (Å²) >= 11 is 1.71. The number of methoxy groups -OCH3 is 1. The number of thioether (sulfide) groups is 1. The highest BCUT2D eigenvalue weighted by molar-refractivity contribution is 8.13. The number of benzene rings is 2. The van der Waals surface area contributed by atoms with E-state index in [1.54, 1.807) is 31.0 Å². The van der Waals surface area contributed by atoms with E-state index in [4.69, 9.17) is 4.74 Å². The van der Waals surface area contributed by atoms with Crippen molar-refractivity contribution in [3.63, 3.8) is 0 Å². The Labute approximate surface area is 166 Å². The van der Waals surface area contributed by atoms with Crippen LogP contribution in [0.5, 0.6) is 11.5 Å². The van der Waals surface area contributed by atoms with Crippen LogP contribution >= 0.6 is 11.8 Å². The van der Waals surface area contributed by atoms with Crippen molar-refractivity contribution in [1.82, 2.24) is 0 Å². The van der Waals surface area contributed by atoms with Crippen molar-refractivity contribution in [2.75, 3.05) is 30.9 Å². The van der Waals surface area contributed by atoms with Gasteiger partial charge in [0, 0.05) is 11.3 Å².